The predicted octanol–water partition coefficient (Wildman–Crippen LogP) is 10.1. The summed E-state index contributed by atoms with van der Waals surface area (Å²) in [5.74, 6) is -1.65. The van der Waals surface area contributed by atoms with Gasteiger partial charge < -0.3 is 23.8 Å². The van der Waals surface area contributed by atoms with E-state index in [1.165, 1.54) is 0 Å². The summed E-state index contributed by atoms with van der Waals surface area (Å²) in [6, 6.07) is -0.639. The van der Waals surface area contributed by atoms with Crippen LogP contribution >= 0.6 is 0 Å². The minimum Gasteiger partial charge on any atom is -0.477 e. The van der Waals surface area contributed by atoms with Gasteiger partial charge in [0.1, 0.15) is 6.61 Å². The smallest absolute Gasteiger partial charge is 0.362 e. The molecule has 2 atom stereocenters. The number of quaternary nitrogens is 1. The van der Waals surface area contributed by atoms with Gasteiger partial charge in [-0.15, -0.1) is 0 Å². The Bertz CT molecular complexity index is 1230. The van der Waals surface area contributed by atoms with E-state index in [2.05, 4.69) is 74.6 Å². The second kappa shape index (κ2) is 35.0. The number of hydrogen-bond acceptors (Lipinski definition) is 6. The number of unbranched alkanes of at least 4 members (excludes halogenated alkanes) is 3. The summed E-state index contributed by atoms with van der Waals surface area (Å²) in [7, 11) is 5.46. The van der Waals surface area contributed by atoms with Gasteiger partial charge in [-0.2, -0.15) is 0 Å². The van der Waals surface area contributed by atoms with Gasteiger partial charge in [0.2, 0.25) is 0 Å². The zero-order chi connectivity index (χ0) is 39.3. The quantitative estimate of drug-likeness (QED) is 0.0241. The van der Waals surface area contributed by atoms with Crippen molar-refractivity contribution in [1.29, 1.82) is 0 Å². The van der Waals surface area contributed by atoms with Crippen LogP contribution in [0, 0.1) is 0 Å². The molecule has 0 saturated heterocycles. The standard InChI is InChI=1S/C45H69NO7/c1-6-8-10-12-14-16-18-20-21-22-24-26-28-30-32-34-36-44(48)53-41(39-51-38-37-42(45(49)50)46(3,4)5)40-52-43(47)35-33-31-29-27-25-23-19-17-15-13-11-9-7-2/h8-11,13-17,19-21,23-26,30,32,41-42H,6-7,12,18,22,27-29,31,33-40H2,1-5H3/p+1/b10-8+,11-9+,15-13+,16-14+,19-17+,21-20+,25-23+,26-24+,32-30+. The van der Waals surface area contributed by atoms with E-state index in [4.69, 9.17) is 14.2 Å². The average molecular weight is 737 g/mol. The second-order valence-corrected chi connectivity index (χ2v) is 13.5. The highest BCUT2D eigenvalue weighted by Gasteiger charge is 2.31. The van der Waals surface area contributed by atoms with Crippen LogP contribution < -0.4 is 0 Å². The zero-order valence-corrected chi connectivity index (χ0v) is 33.4. The molecule has 0 aliphatic carbocycles. The number of esters is 2. The fraction of sp³-hybridized carbons (Fsp3) is 0.533. The Labute approximate surface area is 321 Å². The van der Waals surface area contributed by atoms with Gasteiger partial charge in [-0.05, 0) is 64.2 Å². The normalized spacial score (nSPS) is 14.2. The molecule has 0 aliphatic heterocycles. The van der Waals surface area contributed by atoms with Crippen molar-refractivity contribution >= 4 is 17.9 Å². The molecule has 0 rings (SSSR count). The first kappa shape index (κ1) is 49.0. The lowest BCUT2D eigenvalue weighted by atomic mass is 10.1. The fourth-order valence-electron chi connectivity index (χ4n) is 4.79. The SMILES string of the molecule is CC/C=C/C=C/C=C/C=C/CCCCCC(=O)OCC(COCCC(C(=O)O)[N+](C)(C)C)OC(=O)CC/C=C/C/C=C/C/C=C/C/C=C/C/C=C/CC. The van der Waals surface area contributed by atoms with Crippen molar-refractivity contribution in [2.75, 3.05) is 41.0 Å². The van der Waals surface area contributed by atoms with Crippen molar-refractivity contribution in [2.24, 2.45) is 0 Å². The van der Waals surface area contributed by atoms with Crippen LogP contribution in [-0.4, -0.2) is 80.6 Å². The Morgan fingerprint density at radius 2 is 1.13 bits per heavy atom. The van der Waals surface area contributed by atoms with Gasteiger partial charge in [-0.1, -0.05) is 130 Å². The summed E-state index contributed by atoms with van der Waals surface area (Å²) >= 11 is 0. The lowest BCUT2D eigenvalue weighted by Gasteiger charge is -2.31. The van der Waals surface area contributed by atoms with Gasteiger partial charge in [-0.25, -0.2) is 4.79 Å². The minimum atomic E-state index is -0.899. The second-order valence-electron chi connectivity index (χ2n) is 13.5. The summed E-state index contributed by atoms with van der Waals surface area (Å²) in [6.07, 6.45) is 47.2. The molecule has 296 valence electrons. The number of allylic oxidation sites excluding steroid dienone is 18. The van der Waals surface area contributed by atoms with Crippen molar-refractivity contribution in [3.05, 3.63) is 109 Å². The molecule has 0 saturated carbocycles. The Balaban J connectivity index is 4.64. The molecule has 0 aromatic heterocycles. The highest BCUT2D eigenvalue weighted by molar-refractivity contribution is 5.72. The van der Waals surface area contributed by atoms with Crippen LogP contribution in [0.4, 0.5) is 0 Å². The Hall–Kier alpha value is -4.01. The largest absolute Gasteiger partial charge is 0.477 e. The molecule has 8 nitrogen and oxygen atoms in total. The Morgan fingerprint density at radius 1 is 0.585 bits per heavy atom. The topological polar surface area (TPSA) is 99.1 Å². The third-order valence-corrected chi connectivity index (χ3v) is 7.78. The molecule has 0 bridgehead atoms. The molecule has 0 aromatic carbocycles. The number of carboxylic acid groups (broad SMARTS) is 1. The van der Waals surface area contributed by atoms with E-state index in [9.17, 15) is 19.5 Å². The lowest BCUT2D eigenvalue weighted by molar-refractivity contribution is -0.887. The molecule has 0 fully saturated rings. The molecule has 0 radical (unpaired) electrons. The molecule has 0 amide bonds. The number of ether oxygens (including phenoxy) is 3. The molecule has 53 heavy (non-hydrogen) atoms. The first-order valence-electron chi connectivity index (χ1n) is 19.5. The number of carboxylic acids is 1. The Kier molecular flexibility index (Phi) is 32.4. The number of hydrogen-bond donors (Lipinski definition) is 1. The van der Waals surface area contributed by atoms with Crippen molar-refractivity contribution in [1.82, 2.24) is 0 Å². The van der Waals surface area contributed by atoms with Gasteiger partial charge in [0.15, 0.2) is 12.1 Å². The van der Waals surface area contributed by atoms with E-state index in [0.717, 1.165) is 57.8 Å². The van der Waals surface area contributed by atoms with E-state index in [0.29, 0.717) is 19.3 Å². The van der Waals surface area contributed by atoms with Crippen molar-refractivity contribution < 1.29 is 38.2 Å². The number of likely N-dealkylation sites (N-methyl/N-ethyl adjacent to an activating group) is 1. The van der Waals surface area contributed by atoms with Crippen LogP contribution in [0.2, 0.25) is 0 Å². The Morgan fingerprint density at radius 3 is 1.70 bits per heavy atom. The minimum absolute atomic E-state index is 0.0101. The molecule has 0 heterocycles. The maximum Gasteiger partial charge on any atom is 0.362 e. The number of nitrogens with zero attached hydrogens (tertiary/aromatic N) is 1. The van der Waals surface area contributed by atoms with Crippen LogP contribution in [0.1, 0.15) is 104 Å². The summed E-state index contributed by atoms with van der Waals surface area (Å²) in [5, 5.41) is 9.59. The highest BCUT2D eigenvalue weighted by atomic mass is 16.6. The van der Waals surface area contributed by atoms with Gasteiger partial charge in [0.05, 0.1) is 34.4 Å². The highest BCUT2D eigenvalue weighted by Crippen LogP contribution is 2.10. The van der Waals surface area contributed by atoms with Crippen LogP contribution in [0.15, 0.2) is 109 Å². The van der Waals surface area contributed by atoms with Gasteiger partial charge >= 0.3 is 17.9 Å². The maximum absolute atomic E-state index is 12.6. The molecule has 8 heteroatoms. The molecule has 0 aliphatic rings. The number of aliphatic carboxylic acids is 1. The lowest BCUT2D eigenvalue weighted by Crippen LogP contribution is -2.50. The molecular weight excluding hydrogens is 666 g/mol. The summed E-state index contributed by atoms with van der Waals surface area (Å²) in [6.45, 7) is 4.31. The molecule has 0 spiro atoms. The third kappa shape index (κ3) is 33.6. The molecule has 0 aromatic rings. The van der Waals surface area contributed by atoms with Crippen LogP contribution in [0.3, 0.4) is 0 Å². The van der Waals surface area contributed by atoms with E-state index in [1.54, 1.807) is 0 Å². The number of carbonyl (C=O) groups is 3. The van der Waals surface area contributed by atoms with E-state index >= 15 is 0 Å². The number of carbonyl (C=O) groups excluding carboxylic acids is 2. The molecular formula is C45H70NO7+. The summed E-state index contributed by atoms with van der Waals surface area (Å²) < 4.78 is 17.1. The van der Waals surface area contributed by atoms with Gasteiger partial charge in [0, 0.05) is 19.3 Å². The van der Waals surface area contributed by atoms with Crippen molar-refractivity contribution in [3.8, 4) is 0 Å². The van der Waals surface area contributed by atoms with Crippen molar-refractivity contribution in [2.45, 2.75) is 116 Å². The van der Waals surface area contributed by atoms with E-state index < -0.39 is 24.1 Å². The predicted molar refractivity (Wildman–Crippen MR) is 219 cm³/mol. The van der Waals surface area contributed by atoms with Crippen LogP contribution in [-0.2, 0) is 28.6 Å². The van der Waals surface area contributed by atoms with Crippen molar-refractivity contribution in [3.63, 3.8) is 0 Å². The van der Waals surface area contributed by atoms with Crippen LogP contribution in [0.5, 0.6) is 0 Å². The first-order valence-corrected chi connectivity index (χ1v) is 19.5. The maximum atomic E-state index is 12.6. The van der Waals surface area contributed by atoms with Gasteiger partial charge in [-0.3, -0.25) is 9.59 Å². The van der Waals surface area contributed by atoms with Crippen LogP contribution in [0.25, 0.3) is 0 Å². The molecule has 1 N–H and O–H groups in total. The number of rotatable bonds is 32. The third-order valence-electron chi connectivity index (χ3n) is 7.78. The first-order chi connectivity index (χ1) is 25.6. The van der Waals surface area contributed by atoms with E-state index in [1.807, 2.05) is 69.8 Å². The molecule has 2 unspecified atom stereocenters. The average Bonchev–Trinajstić information content (AvgIpc) is 3.11. The summed E-state index contributed by atoms with van der Waals surface area (Å²) in [5.41, 5.74) is 0. The zero-order valence-electron chi connectivity index (χ0n) is 33.4. The van der Waals surface area contributed by atoms with Gasteiger partial charge in [0.25, 0.3) is 0 Å². The van der Waals surface area contributed by atoms with E-state index in [-0.39, 0.29) is 43.1 Å². The fourth-order valence-corrected chi connectivity index (χ4v) is 4.79. The summed E-state index contributed by atoms with van der Waals surface area (Å²) in [4.78, 5) is 36.8. The monoisotopic (exact) mass is 737 g/mol.